The molecular formula is C17H28N2O. The molecule has 0 saturated heterocycles. The van der Waals surface area contributed by atoms with Crippen molar-refractivity contribution in [2.75, 3.05) is 20.2 Å². The Bertz CT molecular complexity index is 415. The van der Waals surface area contributed by atoms with Crippen LogP contribution in [-0.2, 0) is 0 Å². The first-order valence-electron chi connectivity index (χ1n) is 7.79. The second kappa shape index (κ2) is 7.09. The van der Waals surface area contributed by atoms with E-state index in [1.165, 1.54) is 24.8 Å². The number of benzene rings is 1. The summed E-state index contributed by atoms with van der Waals surface area (Å²) in [5.74, 6) is 1.80. The number of likely N-dealkylation sites (N-methyl/N-ethyl adjacent to an activating group) is 1. The summed E-state index contributed by atoms with van der Waals surface area (Å²) < 4.78 is 5.53. The number of rotatable bonds is 7. The Balaban J connectivity index is 2.23. The van der Waals surface area contributed by atoms with Crippen LogP contribution in [0.3, 0.4) is 0 Å². The lowest BCUT2D eigenvalue weighted by Gasteiger charge is -2.39. The summed E-state index contributed by atoms with van der Waals surface area (Å²) in [7, 11) is 1.74. The molecule has 2 atom stereocenters. The Morgan fingerprint density at radius 2 is 2.05 bits per heavy atom. The van der Waals surface area contributed by atoms with Crippen molar-refractivity contribution in [3.05, 3.63) is 29.8 Å². The van der Waals surface area contributed by atoms with Crippen molar-refractivity contribution in [3.63, 3.8) is 0 Å². The van der Waals surface area contributed by atoms with E-state index in [0.717, 1.165) is 24.8 Å². The number of methoxy groups -OCH3 is 1. The lowest BCUT2D eigenvalue weighted by Crippen LogP contribution is -2.43. The first kappa shape index (κ1) is 15.3. The largest absolute Gasteiger partial charge is 0.496 e. The van der Waals surface area contributed by atoms with Crippen LogP contribution in [0.1, 0.15) is 44.7 Å². The molecule has 0 spiro atoms. The van der Waals surface area contributed by atoms with Crippen molar-refractivity contribution < 1.29 is 4.74 Å². The molecule has 0 bridgehead atoms. The van der Waals surface area contributed by atoms with Crippen LogP contribution in [0.4, 0.5) is 0 Å². The fourth-order valence-corrected chi connectivity index (χ4v) is 3.17. The maximum absolute atomic E-state index is 6.31. The average Bonchev–Trinajstić information content (AvgIpc) is 2.41. The molecule has 0 aromatic heterocycles. The topological polar surface area (TPSA) is 38.5 Å². The highest BCUT2D eigenvalue weighted by atomic mass is 16.5. The fraction of sp³-hybridized carbons (Fsp3) is 0.647. The highest BCUT2D eigenvalue weighted by molar-refractivity contribution is 5.36. The molecule has 0 radical (unpaired) electrons. The van der Waals surface area contributed by atoms with E-state index in [1.807, 2.05) is 12.1 Å². The molecule has 1 aliphatic carbocycles. The van der Waals surface area contributed by atoms with Crippen molar-refractivity contribution in [1.29, 1.82) is 0 Å². The molecule has 1 aromatic carbocycles. The van der Waals surface area contributed by atoms with E-state index in [0.29, 0.717) is 0 Å². The Labute approximate surface area is 123 Å². The Morgan fingerprint density at radius 3 is 2.55 bits per heavy atom. The van der Waals surface area contributed by atoms with Gasteiger partial charge in [0.15, 0.2) is 0 Å². The number of hydrogen-bond acceptors (Lipinski definition) is 3. The molecule has 1 aliphatic rings. The number of nitrogens with two attached hydrogens (primary N) is 1. The summed E-state index contributed by atoms with van der Waals surface area (Å²) in [5.41, 5.74) is 7.52. The summed E-state index contributed by atoms with van der Waals surface area (Å²) >= 11 is 0. The quantitative estimate of drug-likeness (QED) is 0.831. The smallest absolute Gasteiger partial charge is 0.123 e. The van der Waals surface area contributed by atoms with Gasteiger partial charge in [-0.3, -0.25) is 4.90 Å². The second-order valence-electron chi connectivity index (χ2n) is 5.93. The van der Waals surface area contributed by atoms with Gasteiger partial charge in [0.1, 0.15) is 5.75 Å². The van der Waals surface area contributed by atoms with Crippen molar-refractivity contribution in [3.8, 4) is 5.75 Å². The predicted octanol–water partition coefficient (Wildman–Crippen LogP) is 3.21. The summed E-state index contributed by atoms with van der Waals surface area (Å²) in [6.07, 6.45) is 4.13. The Morgan fingerprint density at radius 1 is 1.35 bits per heavy atom. The van der Waals surface area contributed by atoms with Crippen molar-refractivity contribution in [2.45, 2.75) is 45.2 Å². The number of nitrogens with zero attached hydrogens (tertiary/aromatic N) is 1. The first-order valence-corrected chi connectivity index (χ1v) is 7.79. The van der Waals surface area contributed by atoms with Gasteiger partial charge in [-0.25, -0.2) is 0 Å². The predicted molar refractivity (Wildman–Crippen MR) is 84.0 cm³/mol. The van der Waals surface area contributed by atoms with Crippen LogP contribution >= 0.6 is 0 Å². The van der Waals surface area contributed by atoms with Gasteiger partial charge in [-0.1, -0.05) is 31.5 Å². The maximum atomic E-state index is 6.31. The van der Waals surface area contributed by atoms with Crippen LogP contribution in [0.15, 0.2) is 24.3 Å². The van der Waals surface area contributed by atoms with E-state index >= 15 is 0 Å². The van der Waals surface area contributed by atoms with Gasteiger partial charge in [0.25, 0.3) is 0 Å². The molecule has 2 unspecified atom stereocenters. The summed E-state index contributed by atoms with van der Waals surface area (Å²) in [6.45, 7) is 6.51. The lowest BCUT2D eigenvalue weighted by atomic mass is 9.84. The SMILES string of the molecule is CCN(CC1CCC1)C(c1ccccc1OC)C(C)N. The number of para-hydroxylation sites is 1. The minimum atomic E-state index is 0.0892. The molecule has 3 nitrogen and oxygen atoms in total. The van der Waals surface area contributed by atoms with Crippen LogP contribution < -0.4 is 10.5 Å². The normalized spacial score (nSPS) is 18.6. The van der Waals surface area contributed by atoms with Gasteiger partial charge in [0, 0.05) is 18.2 Å². The van der Waals surface area contributed by atoms with E-state index in [1.54, 1.807) is 7.11 Å². The third kappa shape index (κ3) is 3.33. The molecule has 3 heteroatoms. The third-order valence-corrected chi connectivity index (χ3v) is 4.47. The van der Waals surface area contributed by atoms with Gasteiger partial charge in [-0.2, -0.15) is 0 Å². The van der Waals surface area contributed by atoms with Gasteiger partial charge in [-0.05, 0) is 38.3 Å². The molecule has 0 aliphatic heterocycles. The van der Waals surface area contributed by atoms with Crippen LogP contribution in [0.5, 0.6) is 5.75 Å². The molecule has 1 fully saturated rings. The van der Waals surface area contributed by atoms with E-state index in [4.69, 9.17) is 10.5 Å². The second-order valence-corrected chi connectivity index (χ2v) is 5.93. The standard InChI is InChI=1S/C17H28N2O/c1-4-19(12-14-8-7-9-14)17(13(2)18)15-10-5-6-11-16(15)20-3/h5-6,10-11,13-14,17H,4,7-9,12,18H2,1-3H3. The first-order chi connectivity index (χ1) is 9.67. The van der Waals surface area contributed by atoms with E-state index in [2.05, 4.69) is 30.9 Å². The maximum Gasteiger partial charge on any atom is 0.123 e. The van der Waals surface area contributed by atoms with Crippen molar-refractivity contribution >= 4 is 0 Å². The number of ether oxygens (including phenoxy) is 1. The van der Waals surface area contributed by atoms with Gasteiger partial charge in [0.05, 0.1) is 13.2 Å². The zero-order chi connectivity index (χ0) is 14.5. The number of hydrogen-bond donors (Lipinski definition) is 1. The molecule has 20 heavy (non-hydrogen) atoms. The van der Waals surface area contributed by atoms with Gasteiger partial charge in [0.2, 0.25) is 0 Å². The third-order valence-electron chi connectivity index (χ3n) is 4.47. The van der Waals surface area contributed by atoms with E-state index in [-0.39, 0.29) is 12.1 Å². The highest BCUT2D eigenvalue weighted by Gasteiger charge is 2.29. The van der Waals surface area contributed by atoms with Crippen LogP contribution in [-0.4, -0.2) is 31.1 Å². The van der Waals surface area contributed by atoms with Crippen molar-refractivity contribution in [2.24, 2.45) is 11.7 Å². The summed E-state index contributed by atoms with van der Waals surface area (Å²) in [5, 5.41) is 0. The highest BCUT2D eigenvalue weighted by Crippen LogP contribution is 2.34. The Hall–Kier alpha value is -1.06. The minimum Gasteiger partial charge on any atom is -0.496 e. The van der Waals surface area contributed by atoms with Gasteiger partial charge < -0.3 is 10.5 Å². The minimum absolute atomic E-state index is 0.0892. The molecule has 1 aromatic rings. The van der Waals surface area contributed by atoms with E-state index < -0.39 is 0 Å². The van der Waals surface area contributed by atoms with Crippen LogP contribution in [0.25, 0.3) is 0 Å². The van der Waals surface area contributed by atoms with Crippen molar-refractivity contribution in [1.82, 2.24) is 4.90 Å². The zero-order valence-electron chi connectivity index (χ0n) is 13.0. The molecular weight excluding hydrogens is 248 g/mol. The molecule has 112 valence electrons. The fourth-order valence-electron chi connectivity index (χ4n) is 3.17. The summed E-state index contributed by atoms with van der Waals surface area (Å²) in [4.78, 5) is 2.52. The molecule has 1 saturated carbocycles. The Kier molecular flexibility index (Phi) is 5.44. The average molecular weight is 276 g/mol. The van der Waals surface area contributed by atoms with Crippen LogP contribution in [0, 0.1) is 5.92 Å². The van der Waals surface area contributed by atoms with Gasteiger partial charge >= 0.3 is 0 Å². The van der Waals surface area contributed by atoms with E-state index in [9.17, 15) is 0 Å². The molecule has 2 rings (SSSR count). The summed E-state index contributed by atoms with van der Waals surface area (Å²) in [6, 6.07) is 8.59. The van der Waals surface area contributed by atoms with Gasteiger partial charge in [-0.15, -0.1) is 0 Å². The van der Waals surface area contributed by atoms with Crippen LogP contribution in [0.2, 0.25) is 0 Å². The zero-order valence-corrected chi connectivity index (χ0v) is 13.0. The monoisotopic (exact) mass is 276 g/mol. The molecule has 0 amide bonds. The molecule has 2 N–H and O–H groups in total. The molecule has 0 heterocycles. The lowest BCUT2D eigenvalue weighted by molar-refractivity contribution is 0.124.